The summed E-state index contributed by atoms with van der Waals surface area (Å²) in [5.41, 5.74) is 0.352. The van der Waals surface area contributed by atoms with Crippen molar-refractivity contribution in [3.05, 3.63) is 30.1 Å². The summed E-state index contributed by atoms with van der Waals surface area (Å²) in [6.45, 7) is 10.8. The first-order chi connectivity index (χ1) is 21.0. The van der Waals surface area contributed by atoms with E-state index in [4.69, 9.17) is 4.74 Å². The molecule has 3 heterocycles. The van der Waals surface area contributed by atoms with Crippen LogP contribution in [0.5, 0.6) is 0 Å². The lowest BCUT2D eigenvalue weighted by molar-refractivity contribution is -0.160. The maximum Gasteiger partial charge on any atom is 0.229 e. The number of carbonyl (C=O) groups excluding carboxylic acids is 3. The highest BCUT2D eigenvalue weighted by Crippen LogP contribution is 2.70. The molecule has 2 aliphatic heterocycles. The number of rotatable bonds is 5. The van der Waals surface area contributed by atoms with Crippen LogP contribution < -0.4 is 16.0 Å². The Morgan fingerprint density at radius 2 is 1.89 bits per heavy atom. The lowest BCUT2D eigenvalue weighted by atomic mass is 9.44. The Balaban J connectivity index is 0.977. The van der Waals surface area contributed by atoms with Gasteiger partial charge in [-0.1, -0.05) is 33.8 Å². The molecule has 0 radical (unpaired) electrons. The third-order valence-electron chi connectivity index (χ3n) is 13.9. The van der Waals surface area contributed by atoms with Gasteiger partial charge in [0.1, 0.15) is 17.9 Å². The molecule has 44 heavy (non-hydrogen) atoms. The molecule has 3 N–H and O–H groups in total. The Hall–Kier alpha value is -2.32. The van der Waals surface area contributed by atoms with E-state index in [1.807, 2.05) is 18.2 Å². The van der Waals surface area contributed by atoms with Crippen molar-refractivity contribution in [1.82, 2.24) is 20.9 Å². The smallest absolute Gasteiger partial charge is 0.229 e. The van der Waals surface area contributed by atoms with Gasteiger partial charge < -0.3 is 15.4 Å². The van der Waals surface area contributed by atoms with Gasteiger partial charge in [0.2, 0.25) is 11.8 Å². The minimum atomic E-state index is -0.287. The summed E-state index contributed by atoms with van der Waals surface area (Å²) in [5, 5.41) is 9.79. The minimum absolute atomic E-state index is 0.0901. The average molecular weight is 605 g/mol. The van der Waals surface area contributed by atoms with Gasteiger partial charge in [0.05, 0.1) is 18.3 Å². The van der Waals surface area contributed by atoms with Crippen molar-refractivity contribution in [3.8, 4) is 0 Å². The van der Waals surface area contributed by atoms with E-state index in [0.717, 1.165) is 50.8 Å². The third kappa shape index (κ3) is 4.85. The topological polar surface area (TPSA) is 109 Å². The summed E-state index contributed by atoms with van der Waals surface area (Å²) in [4.78, 5) is 43.8. The predicted octanol–water partition coefficient (Wildman–Crippen LogP) is 4.77. The number of piperidine rings is 1. The molecule has 6 fully saturated rings. The molecular formula is C36H52N4O4. The van der Waals surface area contributed by atoms with Crippen molar-refractivity contribution in [3.63, 3.8) is 0 Å². The van der Waals surface area contributed by atoms with Crippen LogP contribution in [0, 0.1) is 52.3 Å². The zero-order valence-electron chi connectivity index (χ0n) is 27.1. The Labute approximate surface area is 262 Å². The Kier molecular flexibility index (Phi) is 7.71. The predicted molar refractivity (Wildman–Crippen MR) is 167 cm³/mol. The SMILES string of the molecule is C[C@@H]1CC[C@@]2(NC1)O[C@H]1C[C@H]3[C@@H]4CC[C@H]5CC(NC(=O)CC(=O)NCc6ccccn6)CC[C@]5(C)[C@H]4CC(=O)[C@]3(C)[C@H]1[C@@H]2C. The Bertz CT molecular complexity index is 1280. The van der Waals surface area contributed by atoms with E-state index in [1.165, 1.54) is 12.8 Å². The number of Topliss-reactive ketones (excluding diaryl/α,β-unsaturated/α-hetero) is 1. The number of carbonyl (C=O) groups is 3. The second-order valence-corrected chi connectivity index (χ2v) is 16.0. The van der Waals surface area contributed by atoms with Crippen LogP contribution in [-0.4, -0.2) is 47.0 Å². The summed E-state index contributed by atoms with van der Waals surface area (Å²) in [5.74, 6) is 3.22. The molecule has 1 aromatic rings. The first-order valence-corrected chi connectivity index (χ1v) is 17.5. The van der Waals surface area contributed by atoms with Crippen LogP contribution in [-0.2, 0) is 25.7 Å². The molecule has 4 saturated carbocycles. The van der Waals surface area contributed by atoms with Gasteiger partial charge in [-0.15, -0.1) is 0 Å². The van der Waals surface area contributed by atoms with Crippen LogP contribution in [0.2, 0.25) is 0 Å². The largest absolute Gasteiger partial charge is 0.357 e. The van der Waals surface area contributed by atoms with Gasteiger partial charge in [-0.25, -0.2) is 0 Å². The highest BCUT2D eigenvalue weighted by atomic mass is 16.5. The maximum absolute atomic E-state index is 14.4. The first kappa shape index (κ1) is 30.3. The van der Waals surface area contributed by atoms with Crippen LogP contribution in [0.3, 0.4) is 0 Å². The fourth-order valence-corrected chi connectivity index (χ4v) is 11.4. The first-order valence-electron chi connectivity index (χ1n) is 17.5. The number of aromatic nitrogens is 1. The van der Waals surface area contributed by atoms with E-state index in [1.54, 1.807) is 6.20 Å². The highest BCUT2D eigenvalue weighted by molar-refractivity contribution is 5.96. The van der Waals surface area contributed by atoms with E-state index in [2.05, 4.69) is 48.6 Å². The van der Waals surface area contributed by atoms with Crippen LogP contribution in [0.4, 0.5) is 0 Å². The highest BCUT2D eigenvalue weighted by Gasteiger charge is 2.71. The fraction of sp³-hybridized carbons (Fsp3) is 0.778. The second kappa shape index (κ2) is 11.2. The van der Waals surface area contributed by atoms with Crippen LogP contribution in [0.25, 0.3) is 0 Å². The van der Waals surface area contributed by atoms with Crippen LogP contribution in [0.1, 0.15) is 97.6 Å². The van der Waals surface area contributed by atoms with Crippen molar-refractivity contribution in [1.29, 1.82) is 0 Å². The number of nitrogens with one attached hydrogen (secondary N) is 3. The van der Waals surface area contributed by atoms with Gasteiger partial charge in [0.25, 0.3) is 0 Å². The number of nitrogens with zero attached hydrogens (tertiary/aromatic N) is 1. The zero-order chi connectivity index (χ0) is 30.9. The van der Waals surface area contributed by atoms with E-state index < -0.39 is 0 Å². The number of pyridine rings is 1. The van der Waals surface area contributed by atoms with Crippen LogP contribution in [0.15, 0.2) is 24.4 Å². The van der Waals surface area contributed by atoms with Crippen molar-refractivity contribution in [2.75, 3.05) is 6.54 Å². The lowest BCUT2D eigenvalue weighted by Crippen LogP contribution is -2.60. The van der Waals surface area contributed by atoms with Crippen molar-refractivity contribution < 1.29 is 19.1 Å². The quantitative estimate of drug-likeness (QED) is 0.418. The second-order valence-electron chi connectivity index (χ2n) is 16.0. The number of fused-ring (bicyclic) bond motifs is 7. The average Bonchev–Trinajstić information content (AvgIpc) is 3.45. The van der Waals surface area contributed by atoms with Gasteiger partial charge in [0, 0.05) is 42.5 Å². The molecule has 1 aromatic heterocycles. The minimum Gasteiger partial charge on any atom is -0.357 e. The molecule has 0 aromatic carbocycles. The molecule has 12 atom stereocenters. The van der Waals surface area contributed by atoms with Gasteiger partial charge in [-0.2, -0.15) is 0 Å². The van der Waals surface area contributed by atoms with Crippen LogP contribution >= 0.6 is 0 Å². The molecule has 8 heteroatoms. The molecule has 8 nitrogen and oxygen atoms in total. The fourth-order valence-electron chi connectivity index (χ4n) is 11.4. The molecular weight excluding hydrogens is 552 g/mol. The number of hydrogen-bond acceptors (Lipinski definition) is 6. The van der Waals surface area contributed by atoms with Gasteiger partial charge >= 0.3 is 0 Å². The summed E-state index contributed by atoms with van der Waals surface area (Å²) < 4.78 is 6.97. The van der Waals surface area contributed by atoms with Gasteiger partial charge in [-0.3, -0.25) is 24.7 Å². The Morgan fingerprint density at radius 1 is 1.05 bits per heavy atom. The molecule has 2 amide bonds. The zero-order valence-corrected chi connectivity index (χ0v) is 27.1. The number of ether oxygens (including phenoxy) is 1. The van der Waals surface area contributed by atoms with Crippen molar-refractivity contribution in [2.24, 2.45) is 52.3 Å². The Morgan fingerprint density at radius 3 is 2.64 bits per heavy atom. The number of hydrogen-bond donors (Lipinski definition) is 3. The molecule has 1 unspecified atom stereocenters. The summed E-state index contributed by atoms with van der Waals surface area (Å²) in [6.07, 6.45) is 10.9. The number of ketones is 1. The van der Waals surface area contributed by atoms with E-state index >= 15 is 0 Å². The third-order valence-corrected chi connectivity index (χ3v) is 13.9. The van der Waals surface area contributed by atoms with Gasteiger partial charge in [-0.05, 0) is 98.5 Å². The normalized spacial score (nSPS) is 46.0. The van der Waals surface area contributed by atoms with Gasteiger partial charge in [0.15, 0.2) is 0 Å². The molecule has 7 rings (SSSR count). The standard InChI is InChI=1S/C36H52N4O4/c1-21-10-13-36(39-19-21)22(2)33-29(44-36)16-28-26-9-8-23-15-24(11-12-34(23,3)27(26)17-30(41)35(28,33)4)40-32(43)18-31(42)38-20-25-7-5-6-14-37-25/h5-7,14,21-24,26-29,33,39H,8-13,15-20H2,1-4H3,(H,38,42)(H,40,43)/t21-,22+,23+,24?,26-,27+,28+,29+,33+,34+,35-,36-/m1/s1. The number of amides is 2. The molecule has 6 aliphatic rings. The molecule has 1 spiro atoms. The van der Waals surface area contributed by atoms with E-state index in [0.29, 0.717) is 60.2 Å². The summed E-state index contributed by atoms with van der Waals surface area (Å²) >= 11 is 0. The summed E-state index contributed by atoms with van der Waals surface area (Å²) in [6, 6.07) is 5.66. The molecule has 0 bridgehead atoms. The van der Waals surface area contributed by atoms with Crippen molar-refractivity contribution in [2.45, 2.75) is 116 Å². The van der Waals surface area contributed by atoms with Crippen molar-refractivity contribution >= 4 is 17.6 Å². The molecule has 240 valence electrons. The van der Waals surface area contributed by atoms with E-state index in [9.17, 15) is 14.4 Å². The lowest BCUT2D eigenvalue weighted by Gasteiger charge is -2.60. The van der Waals surface area contributed by atoms with E-state index in [-0.39, 0.29) is 46.9 Å². The molecule has 2 saturated heterocycles. The molecule has 4 aliphatic carbocycles. The maximum atomic E-state index is 14.4. The summed E-state index contributed by atoms with van der Waals surface area (Å²) in [7, 11) is 0. The monoisotopic (exact) mass is 604 g/mol.